The summed E-state index contributed by atoms with van der Waals surface area (Å²) in [5.41, 5.74) is 1.02. The molecule has 126 valence electrons. The van der Waals surface area contributed by atoms with Crippen LogP contribution in [0, 0.1) is 0 Å². The van der Waals surface area contributed by atoms with Crippen molar-refractivity contribution < 1.29 is 9.53 Å². The van der Waals surface area contributed by atoms with Crippen molar-refractivity contribution in [3.05, 3.63) is 11.9 Å². The van der Waals surface area contributed by atoms with Crippen LogP contribution in [0.5, 0.6) is 0 Å². The molecule has 0 aliphatic heterocycles. The molecular weight excluding hydrogens is 280 g/mol. The third kappa shape index (κ3) is 8.77. The van der Waals surface area contributed by atoms with Crippen molar-refractivity contribution in [3.63, 3.8) is 0 Å². The second kappa shape index (κ2) is 11.2. The summed E-state index contributed by atoms with van der Waals surface area (Å²) in [4.78, 5) is 11.3. The quantitative estimate of drug-likeness (QED) is 0.602. The first-order valence-electron chi connectivity index (χ1n) is 8.39. The maximum Gasteiger partial charge on any atom is 0.219 e. The number of rotatable bonds is 12. The number of aromatic nitrogens is 3. The van der Waals surface area contributed by atoms with E-state index in [0.29, 0.717) is 13.0 Å². The van der Waals surface area contributed by atoms with Gasteiger partial charge in [0, 0.05) is 32.3 Å². The van der Waals surface area contributed by atoms with E-state index in [4.69, 9.17) is 4.74 Å². The Balaban J connectivity index is 2.08. The van der Waals surface area contributed by atoms with E-state index in [0.717, 1.165) is 50.9 Å². The molecule has 0 spiro atoms. The zero-order valence-electron chi connectivity index (χ0n) is 14.2. The molecule has 1 aromatic rings. The minimum atomic E-state index is 0.147. The lowest BCUT2D eigenvalue weighted by Crippen LogP contribution is -2.22. The van der Waals surface area contributed by atoms with E-state index in [1.807, 2.05) is 31.6 Å². The van der Waals surface area contributed by atoms with Gasteiger partial charge < -0.3 is 10.1 Å². The fraction of sp³-hybridized carbons (Fsp3) is 0.812. The molecule has 1 rings (SSSR count). The van der Waals surface area contributed by atoms with E-state index in [1.54, 1.807) is 0 Å². The number of unbranched alkanes of at least 4 members (excludes halogenated alkanes) is 2. The molecule has 0 radical (unpaired) electrons. The standard InChI is InChI=1S/C16H30N4O2/c1-4-17-16(21)10-6-5-7-11-20-13-15(18-19-20)9-8-12-22-14(2)3/h13-14H,4-12H2,1-3H3,(H,17,21). The zero-order valence-corrected chi connectivity index (χ0v) is 14.2. The average molecular weight is 310 g/mol. The molecule has 0 fully saturated rings. The third-order valence-corrected chi connectivity index (χ3v) is 3.28. The maximum atomic E-state index is 11.3. The van der Waals surface area contributed by atoms with Gasteiger partial charge in [-0.1, -0.05) is 11.6 Å². The first kappa shape index (κ1) is 18.6. The molecule has 0 aromatic carbocycles. The topological polar surface area (TPSA) is 69.0 Å². The maximum absolute atomic E-state index is 11.3. The smallest absolute Gasteiger partial charge is 0.219 e. The van der Waals surface area contributed by atoms with Crippen LogP contribution in [-0.2, 0) is 22.5 Å². The van der Waals surface area contributed by atoms with E-state index in [2.05, 4.69) is 15.6 Å². The van der Waals surface area contributed by atoms with Gasteiger partial charge in [0.1, 0.15) is 0 Å². The largest absolute Gasteiger partial charge is 0.379 e. The first-order valence-corrected chi connectivity index (χ1v) is 8.39. The number of aryl methyl sites for hydroxylation is 2. The molecule has 22 heavy (non-hydrogen) atoms. The Kier molecular flexibility index (Phi) is 9.46. The van der Waals surface area contributed by atoms with Crippen LogP contribution in [0.25, 0.3) is 0 Å². The highest BCUT2D eigenvalue weighted by Crippen LogP contribution is 2.04. The summed E-state index contributed by atoms with van der Waals surface area (Å²) in [5, 5.41) is 11.1. The molecule has 0 saturated heterocycles. The van der Waals surface area contributed by atoms with Gasteiger partial charge in [0.05, 0.1) is 11.8 Å². The summed E-state index contributed by atoms with van der Waals surface area (Å²) < 4.78 is 7.40. The second-order valence-electron chi connectivity index (χ2n) is 5.76. The molecule has 1 heterocycles. The van der Waals surface area contributed by atoms with Crippen LogP contribution in [0.1, 0.15) is 58.6 Å². The molecule has 6 nitrogen and oxygen atoms in total. The highest BCUT2D eigenvalue weighted by atomic mass is 16.5. The Bertz CT molecular complexity index is 418. The van der Waals surface area contributed by atoms with E-state index in [-0.39, 0.29) is 12.0 Å². The fourth-order valence-corrected chi connectivity index (χ4v) is 2.16. The minimum absolute atomic E-state index is 0.147. The van der Waals surface area contributed by atoms with Gasteiger partial charge >= 0.3 is 0 Å². The van der Waals surface area contributed by atoms with Gasteiger partial charge in [-0.3, -0.25) is 9.48 Å². The molecule has 0 unspecified atom stereocenters. The van der Waals surface area contributed by atoms with E-state index in [9.17, 15) is 4.79 Å². The SMILES string of the molecule is CCNC(=O)CCCCCn1cc(CCCOC(C)C)nn1. The van der Waals surface area contributed by atoms with E-state index < -0.39 is 0 Å². The molecule has 1 aromatic heterocycles. The van der Waals surface area contributed by atoms with Gasteiger partial charge in [0.2, 0.25) is 5.91 Å². The van der Waals surface area contributed by atoms with Crippen molar-refractivity contribution in [3.8, 4) is 0 Å². The van der Waals surface area contributed by atoms with Crippen molar-refractivity contribution in [2.45, 2.75) is 71.9 Å². The number of hydrogen-bond donors (Lipinski definition) is 1. The summed E-state index contributed by atoms with van der Waals surface area (Å²) in [6.07, 6.45) is 7.79. The van der Waals surface area contributed by atoms with Gasteiger partial charge in [-0.25, -0.2) is 0 Å². The molecule has 1 amide bonds. The third-order valence-electron chi connectivity index (χ3n) is 3.28. The highest BCUT2D eigenvalue weighted by Gasteiger charge is 2.02. The molecule has 0 atom stereocenters. The van der Waals surface area contributed by atoms with Crippen molar-refractivity contribution in [1.82, 2.24) is 20.3 Å². The molecule has 0 aliphatic carbocycles. The predicted molar refractivity (Wildman–Crippen MR) is 86.6 cm³/mol. The fourth-order valence-electron chi connectivity index (χ4n) is 2.16. The van der Waals surface area contributed by atoms with Crippen molar-refractivity contribution >= 4 is 5.91 Å². The summed E-state index contributed by atoms with van der Waals surface area (Å²) in [7, 11) is 0. The van der Waals surface area contributed by atoms with Gasteiger partial charge in [-0.05, 0) is 46.5 Å². The van der Waals surface area contributed by atoms with Gasteiger partial charge in [-0.15, -0.1) is 5.10 Å². The van der Waals surface area contributed by atoms with Crippen LogP contribution >= 0.6 is 0 Å². The number of hydrogen-bond acceptors (Lipinski definition) is 4. The van der Waals surface area contributed by atoms with Gasteiger partial charge in [0.15, 0.2) is 0 Å². The van der Waals surface area contributed by atoms with Crippen LogP contribution < -0.4 is 5.32 Å². The van der Waals surface area contributed by atoms with Crippen LogP contribution in [0.4, 0.5) is 0 Å². The number of amides is 1. The first-order chi connectivity index (χ1) is 10.6. The van der Waals surface area contributed by atoms with Crippen LogP contribution in [0.2, 0.25) is 0 Å². The Hall–Kier alpha value is -1.43. The summed E-state index contributed by atoms with van der Waals surface area (Å²) in [6.45, 7) is 8.37. The number of nitrogens with one attached hydrogen (secondary N) is 1. The molecule has 1 N–H and O–H groups in total. The monoisotopic (exact) mass is 310 g/mol. The van der Waals surface area contributed by atoms with Crippen molar-refractivity contribution in [2.24, 2.45) is 0 Å². The van der Waals surface area contributed by atoms with Crippen LogP contribution in [0.15, 0.2) is 6.20 Å². The van der Waals surface area contributed by atoms with Gasteiger partial charge in [-0.2, -0.15) is 0 Å². The van der Waals surface area contributed by atoms with E-state index >= 15 is 0 Å². The predicted octanol–water partition coefficient (Wildman–Crippen LogP) is 2.33. The average Bonchev–Trinajstić information content (AvgIpc) is 2.91. The van der Waals surface area contributed by atoms with Crippen molar-refractivity contribution in [1.29, 1.82) is 0 Å². The Morgan fingerprint density at radius 1 is 1.32 bits per heavy atom. The lowest BCUT2D eigenvalue weighted by molar-refractivity contribution is -0.121. The number of nitrogens with zero attached hydrogens (tertiary/aromatic N) is 3. The van der Waals surface area contributed by atoms with Crippen molar-refractivity contribution in [2.75, 3.05) is 13.2 Å². The minimum Gasteiger partial charge on any atom is -0.379 e. The zero-order chi connectivity index (χ0) is 16.2. The summed E-state index contributed by atoms with van der Waals surface area (Å²) >= 11 is 0. The lowest BCUT2D eigenvalue weighted by Gasteiger charge is -2.05. The van der Waals surface area contributed by atoms with E-state index in [1.165, 1.54) is 0 Å². The molecule has 0 saturated carbocycles. The van der Waals surface area contributed by atoms with Crippen LogP contribution in [-0.4, -0.2) is 40.2 Å². The highest BCUT2D eigenvalue weighted by molar-refractivity contribution is 5.75. The molecule has 0 bridgehead atoms. The Morgan fingerprint density at radius 2 is 2.14 bits per heavy atom. The Labute approximate surface area is 133 Å². The Morgan fingerprint density at radius 3 is 2.86 bits per heavy atom. The number of carbonyl (C=O) groups excluding carboxylic acids is 1. The number of ether oxygens (including phenoxy) is 1. The molecule has 6 heteroatoms. The number of carbonyl (C=O) groups is 1. The molecule has 0 aliphatic rings. The van der Waals surface area contributed by atoms with Crippen LogP contribution in [0.3, 0.4) is 0 Å². The second-order valence-corrected chi connectivity index (χ2v) is 5.76. The van der Waals surface area contributed by atoms with Gasteiger partial charge in [0.25, 0.3) is 0 Å². The molecular formula is C16H30N4O2. The lowest BCUT2D eigenvalue weighted by atomic mass is 10.2. The summed E-state index contributed by atoms with van der Waals surface area (Å²) in [5.74, 6) is 0.147. The summed E-state index contributed by atoms with van der Waals surface area (Å²) in [6, 6.07) is 0. The normalized spacial score (nSPS) is 11.1.